The minimum atomic E-state index is -0.976. The molecule has 1 aromatic carbocycles. The zero-order chi connectivity index (χ0) is 17.9. The van der Waals surface area contributed by atoms with E-state index in [1.807, 2.05) is 12.1 Å². The number of likely N-dealkylation sites (tertiary alicyclic amines) is 1. The maximum Gasteiger partial charge on any atom is 0.222 e. The molecule has 2 aliphatic heterocycles. The highest BCUT2D eigenvalue weighted by Crippen LogP contribution is 2.40. The highest BCUT2D eigenvalue weighted by atomic mass is 16.6. The molecule has 3 rings (SSSR count). The Morgan fingerprint density at radius 2 is 2.20 bits per heavy atom. The zero-order valence-electron chi connectivity index (χ0n) is 14.8. The van der Waals surface area contributed by atoms with Crippen LogP contribution >= 0.6 is 0 Å². The summed E-state index contributed by atoms with van der Waals surface area (Å²) in [4.78, 5) is 13.8. The molecule has 1 aromatic rings. The molecular formula is C18H26N2O5. The maximum absolute atomic E-state index is 11.7. The van der Waals surface area contributed by atoms with E-state index in [0.717, 1.165) is 18.5 Å². The third-order valence-electron chi connectivity index (χ3n) is 4.70. The van der Waals surface area contributed by atoms with Crippen LogP contribution in [0, 0.1) is 0 Å². The number of nitrogens with one attached hydrogen (secondary N) is 1. The van der Waals surface area contributed by atoms with E-state index in [1.165, 1.54) is 0 Å². The Hall–Kier alpha value is -1.99. The van der Waals surface area contributed by atoms with Crippen LogP contribution in [0.2, 0.25) is 0 Å². The summed E-state index contributed by atoms with van der Waals surface area (Å²) in [6.45, 7) is 3.05. The fraction of sp³-hybridized carbons (Fsp3) is 0.611. The number of hydrogen-bond donors (Lipinski definition) is 2. The Bertz CT molecular complexity index is 619. The molecule has 7 heteroatoms. The topological polar surface area (TPSA) is 80.3 Å². The highest BCUT2D eigenvalue weighted by Gasteiger charge is 2.35. The van der Waals surface area contributed by atoms with Gasteiger partial charge >= 0.3 is 0 Å². The number of aliphatic hydroxyl groups is 1. The summed E-state index contributed by atoms with van der Waals surface area (Å²) in [6, 6.07) is 3.91. The van der Waals surface area contributed by atoms with Crippen LogP contribution in [-0.4, -0.2) is 62.0 Å². The van der Waals surface area contributed by atoms with Gasteiger partial charge in [-0.05, 0) is 37.1 Å². The molecule has 2 heterocycles. The van der Waals surface area contributed by atoms with Crippen LogP contribution in [-0.2, 0) is 11.3 Å². The van der Waals surface area contributed by atoms with Gasteiger partial charge in [-0.1, -0.05) is 0 Å². The molecule has 0 aromatic heterocycles. The Morgan fingerprint density at radius 3 is 2.96 bits per heavy atom. The SMILES string of the molecule is CNC(=O)CC1(O)CCCN(Cc2cc(OC)c3c(c2)OCCO3)C1. The summed E-state index contributed by atoms with van der Waals surface area (Å²) < 4.78 is 16.7. The maximum atomic E-state index is 11.7. The van der Waals surface area contributed by atoms with Crippen molar-refractivity contribution in [3.63, 3.8) is 0 Å². The van der Waals surface area contributed by atoms with E-state index in [9.17, 15) is 9.90 Å². The fourth-order valence-corrected chi connectivity index (χ4v) is 3.55. The summed E-state index contributed by atoms with van der Waals surface area (Å²) in [5.41, 5.74) is 0.0567. The van der Waals surface area contributed by atoms with Crippen LogP contribution < -0.4 is 19.5 Å². The molecule has 0 radical (unpaired) electrons. The summed E-state index contributed by atoms with van der Waals surface area (Å²) in [6.07, 6.45) is 1.63. The molecule has 138 valence electrons. The van der Waals surface area contributed by atoms with Gasteiger partial charge in [0.05, 0.1) is 19.1 Å². The molecule has 0 saturated carbocycles. The molecule has 0 bridgehead atoms. The van der Waals surface area contributed by atoms with Gasteiger partial charge in [0, 0.05) is 20.1 Å². The monoisotopic (exact) mass is 350 g/mol. The fourth-order valence-electron chi connectivity index (χ4n) is 3.55. The predicted octanol–water partition coefficient (Wildman–Crippen LogP) is 0.929. The molecule has 1 unspecified atom stereocenters. The Kier molecular flexibility index (Phi) is 5.34. The molecule has 1 atom stereocenters. The molecular weight excluding hydrogens is 324 g/mol. The van der Waals surface area contributed by atoms with Gasteiger partial charge in [0.15, 0.2) is 11.5 Å². The van der Waals surface area contributed by atoms with E-state index >= 15 is 0 Å². The zero-order valence-corrected chi connectivity index (χ0v) is 14.8. The van der Waals surface area contributed by atoms with Gasteiger partial charge in [-0.15, -0.1) is 0 Å². The van der Waals surface area contributed by atoms with Crippen molar-refractivity contribution in [3.05, 3.63) is 17.7 Å². The Balaban J connectivity index is 1.72. The lowest BCUT2D eigenvalue weighted by Crippen LogP contribution is -2.49. The summed E-state index contributed by atoms with van der Waals surface area (Å²) in [5.74, 6) is 1.86. The largest absolute Gasteiger partial charge is 0.493 e. The molecule has 0 aliphatic carbocycles. The number of methoxy groups -OCH3 is 1. The first-order valence-electron chi connectivity index (χ1n) is 8.65. The van der Waals surface area contributed by atoms with Gasteiger partial charge in [-0.25, -0.2) is 0 Å². The summed E-state index contributed by atoms with van der Waals surface area (Å²) >= 11 is 0. The van der Waals surface area contributed by atoms with Gasteiger partial charge in [0.1, 0.15) is 13.2 Å². The van der Waals surface area contributed by atoms with Crippen molar-refractivity contribution in [2.45, 2.75) is 31.4 Å². The lowest BCUT2D eigenvalue weighted by Gasteiger charge is -2.39. The number of hydrogen-bond acceptors (Lipinski definition) is 6. The van der Waals surface area contributed by atoms with E-state index in [4.69, 9.17) is 14.2 Å². The third-order valence-corrected chi connectivity index (χ3v) is 4.70. The van der Waals surface area contributed by atoms with Gasteiger partial charge in [-0.3, -0.25) is 9.69 Å². The van der Waals surface area contributed by atoms with E-state index in [0.29, 0.717) is 50.0 Å². The Labute approximate surface area is 147 Å². The number of carbonyl (C=O) groups is 1. The van der Waals surface area contributed by atoms with Crippen LogP contribution in [0.15, 0.2) is 12.1 Å². The standard InChI is InChI=1S/C18H26N2O5/c1-19-16(21)10-18(22)4-3-5-20(12-18)11-13-8-14(23-2)17-15(9-13)24-6-7-25-17/h8-9,22H,3-7,10-12H2,1-2H3,(H,19,21). The number of rotatable bonds is 5. The number of benzene rings is 1. The molecule has 1 fully saturated rings. The third kappa shape index (κ3) is 4.16. The number of fused-ring (bicyclic) bond motifs is 1. The number of carbonyl (C=O) groups excluding carboxylic acids is 1. The number of ether oxygens (including phenoxy) is 3. The molecule has 0 spiro atoms. The predicted molar refractivity (Wildman–Crippen MR) is 92.1 cm³/mol. The number of amides is 1. The van der Waals surface area contributed by atoms with E-state index in [1.54, 1.807) is 14.2 Å². The van der Waals surface area contributed by atoms with Gasteiger partial charge in [0.2, 0.25) is 11.7 Å². The van der Waals surface area contributed by atoms with Gasteiger partial charge < -0.3 is 24.6 Å². The second kappa shape index (κ2) is 7.49. The first-order chi connectivity index (χ1) is 12.0. The van der Waals surface area contributed by atoms with E-state index in [2.05, 4.69) is 10.2 Å². The van der Waals surface area contributed by atoms with Crippen LogP contribution in [0.1, 0.15) is 24.8 Å². The van der Waals surface area contributed by atoms with E-state index in [-0.39, 0.29) is 12.3 Å². The second-order valence-electron chi connectivity index (χ2n) is 6.71. The second-order valence-corrected chi connectivity index (χ2v) is 6.71. The quantitative estimate of drug-likeness (QED) is 0.822. The highest BCUT2D eigenvalue weighted by molar-refractivity contribution is 5.76. The van der Waals surface area contributed by atoms with Crippen molar-refractivity contribution in [1.29, 1.82) is 0 Å². The Morgan fingerprint density at radius 1 is 1.40 bits per heavy atom. The summed E-state index contributed by atoms with van der Waals surface area (Å²) in [7, 11) is 3.20. The van der Waals surface area contributed by atoms with Crippen molar-refractivity contribution in [1.82, 2.24) is 10.2 Å². The molecule has 2 aliphatic rings. The number of β-amino-alcohol motifs (C(OH)–C–C–N with tert-alkyl or cyclic N) is 1. The summed E-state index contributed by atoms with van der Waals surface area (Å²) in [5, 5.41) is 13.3. The minimum Gasteiger partial charge on any atom is -0.493 e. The number of nitrogens with zero attached hydrogens (tertiary/aromatic N) is 1. The van der Waals surface area contributed by atoms with Crippen LogP contribution in [0.4, 0.5) is 0 Å². The first-order valence-corrected chi connectivity index (χ1v) is 8.65. The van der Waals surface area contributed by atoms with Crippen LogP contribution in [0.5, 0.6) is 17.2 Å². The number of piperidine rings is 1. The van der Waals surface area contributed by atoms with Crippen molar-refractivity contribution >= 4 is 5.91 Å². The normalized spacial score (nSPS) is 23.2. The lowest BCUT2D eigenvalue weighted by atomic mass is 9.89. The lowest BCUT2D eigenvalue weighted by molar-refractivity contribution is -0.128. The van der Waals surface area contributed by atoms with Crippen LogP contribution in [0.25, 0.3) is 0 Å². The minimum absolute atomic E-state index is 0.129. The van der Waals surface area contributed by atoms with Crippen molar-refractivity contribution in [2.24, 2.45) is 0 Å². The molecule has 7 nitrogen and oxygen atoms in total. The van der Waals surface area contributed by atoms with Crippen molar-refractivity contribution in [2.75, 3.05) is 40.5 Å². The van der Waals surface area contributed by atoms with E-state index < -0.39 is 5.60 Å². The van der Waals surface area contributed by atoms with Crippen molar-refractivity contribution in [3.8, 4) is 17.2 Å². The van der Waals surface area contributed by atoms with Crippen LogP contribution in [0.3, 0.4) is 0 Å². The van der Waals surface area contributed by atoms with Crippen molar-refractivity contribution < 1.29 is 24.1 Å². The first kappa shape index (κ1) is 17.8. The molecule has 1 saturated heterocycles. The molecule has 1 amide bonds. The molecule has 25 heavy (non-hydrogen) atoms. The smallest absolute Gasteiger partial charge is 0.222 e. The molecule has 2 N–H and O–H groups in total. The van der Waals surface area contributed by atoms with Gasteiger partial charge in [0.25, 0.3) is 0 Å². The average Bonchev–Trinajstić information content (AvgIpc) is 2.60. The van der Waals surface area contributed by atoms with Gasteiger partial charge in [-0.2, -0.15) is 0 Å². The average molecular weight is 350 g/mol.